The number of nitrogens with zero attached hydrogens (tertiary/aromatic N) is 1. The predicted octanol–water partition coefficient (Wildman–Crippen LogP) is 6.09. The zero-order valence-electron chi connectivity index (χ0n) is 16.5. The van der Waals surface area contributed by atoms with Gasteiger partial charge in [0, 0.05) is 11.1 Å². The van der Waals surface area contributed by atoms with Crippen LogP contribution in [-0.2, 0) is 4.79 Å². The van der Waals surface area contributed by atoms with E-state index in [0.717, 1.165) is 27.2 Å². The topological polar surface area (TPSA) is 42.0 Å². The van der Waals surface area contributed by atoms with E-state index in [4.69, 9.17) is 4.98 Å². The normalized spacial score (nSPS) is 12.4. The Morgan fingerprint density at radius 1 is 1.00 bits per heavy atom. The van der Waals surface area contributed by atoms with Gasteiger partial charge in [-0.25, -0.2) is 4.98 Å². The second-order valence-corrected chi connectivity index (χ2v) is 8.60. The number of fused-ring (bicyclic) bond motifs is 1. The molecule has 0 saturated heterocycles. The first-order valence-electron chi connectivity index (χ1n) is 9.30. The molecule has 1 atom stereocenters. The maximum atomic E-state index is 12.8. The number of carbonyl (C=O) groups is 1. The summed E-state index contributed by atoms with van der Waals surface area (Å²) in [6.07, 6.45) is 0. The number of pyridine rings is 1. The third kappa shape index (κ3) is 4.33. The standard InChI is InChI=1S/C23H26N2OS/c1-14(2)18-11-8-9-15(3)22(18)25-23(26)17(5)27-21-13-16(4)19-10-6-7-12-20(19)24-21/h6-14,17H,1-5H3,(H,25,26). The molecule has 27 heavy (non-hydrogen) atoms. The molecule has 3 rings (SSSR count). The highest BCUT2D eigenvalue weighted by Crippen LogP contribution is 2.30. The van der Waals surface area contributed by atoms with Crippen LogP contribution in [0.2, 0.25) is 0 Å². The summed E-state index contributed by atoms with van der Waals surface area (Å²) in [6.45, 7) is 10.3. The Morgan fingerprint density at radius 3 is 2.48 bits per heavy atom. The molecule has 1 unspecified atom stereocenters. The van der Waals surface area contributed by atoms with Crippen molar-refractivity contribution in [2.75, 3.05) is 5.32 Å². The molecular weight excluding hydrogens is 352 g/mol. The second kappa shape index (κ2) is 8.13. The molecule has 3 aromatic rings. The number of para-hydroxylation sites is 2. The Morgan fingerprint density at radius 2 is 1.74 bits per heavy atom. The second-order valence-electron chi connectivity index (χ2n) is 7.24. The molecule has 1 aromatic heterocycles. The zero-order valence-corrected chi connectivity index (χ0v) is 17.4. The molecule has 0 radical (unpaired) electrons. The first-order valence-corrected chi connectivity index (χ1v) is 10.2. The van der Waals surface area contributed by atoms with E-state index >= 15 is 0 Å². The van der Waals surface area contributed by atoms with Crippen LogP contribution in [0.3, 0.4) is 0 Å². The fraction of sp³-hybridized carbons (Fsp3) is 0.304. The van der Waals surface area contributed by atoms with Gasteiger partial charge in [0.05, 0.1) is 15.8 Å². The van der Waals surface area contributed by atoms with Gasteiger partial charge in [0.1, 0.15) is 0 Å². The van der Waals surface area contributed by atoms with Gasteiger partial charge in [-0.05, 0) is 55.5 Å². The molecular formula is C23H26N2OS. The number of hydrogen-bond acceptors (Lipinski definition) is 3. The quantitative estimate of drug-likeness (QED) is 0.546. The van der Waals surface area contributed by atoms with Crippen LogP contribution < -0.4 is 5.32 Å². The van der Waals surface area contributed by atoms with Gasteiger partial charge in [0.25, 0.3) is 0 Å². The van der Waals surface area contributed by atoms with Crippen LogP contribution >= 0.6 is 11.8 Å². The molecule has 1 heterocycles. The van der Waals surface area contributed by atoms with Crippen LogP contribution in [0.25, 0.3) is 10.9 Å². The average Bonchev–Trinajstić information content (AvgIpc) is 2.63. The summed E-state index contributed by atoms with van der Waals surface area (Å²) in [5, 5.41) is 4.94. The third-order valence-electron chi connectivity index (χ3n) is 4.74. The van der Waals surface area contributed by atoms with Crippen LogP contribution in [-0.4, -0.2) is 16.1 Å². The lowest BCUT2D eigenvalue weighted by Gasteiger charge is -2.18. The van der Waals surface area contributed by atoms with E-state index in [1.807, 2.05) is 44.2 Å². The fourth-order valence-electron chi connectivity index (χ4n) is 3.18. The monoisotopic (exact) mass is 378 g/mol. The summed E-state index contributed by atoms with van der Waals surface area (Å²) in [5.74, 6) is 0.358. The van der Waals surface area contributed by atoms with Crippen LogP contribution in [0, 0.1) is 13.8 Å². The van der Waals surface area contributed by atoms with Crippen molar-refractivity contribution in [2.45, 2.75) is 50.8 Å². The zero-order chi connectivity index (χ0) is 19.6. The Kier molecular flexibility index (Phi) is 5.85. The van der Waals surface area contributed by atoms with Crippen molar-refractivity contribution in [1.82, 2.24) is 4.98 Å². The molecule has 0 bridgehead atoms. The average molecular weight is 379 g/mol. The molecule has 0 aliphatic rings. The molecule has 0 saturated carbocycles. The van der Waals surface area contributed by atoms with Gasteiger partial charge in [-0.3, -0.25) is 4.79 Å². The van der Waals surface area contributed by atoms with Gasteiger partial charge in [-0.15, -0.1) is 0 Å². The molecule has 3 nitrogen and oxygen atoms in total. The minimum Gasteiger partial charge on any atom is -0.325 e. The van der Waals surface area contributed by atoms with E-state index in [2.05, 4.69) is 44.3 Å². The van der Waals surface area contributed by atoms with E-state index in [1.54, 1.807) is 0 Å². The SMILES string of the molecule is Cc1cccc(C(C)C)c1NC(=O)C(C)Sc1cc(C)c2ccccc2n1. The van der Waals surface area contributed by atoms with Gasteiger partial charge < -0.3 is 5.32 Å². The van der Waals surface area contributed by atoms with Crippen molar-refractivity contribution in [3.63, 3.8) is 0 Å². The summed E-state index contributed by atoms with van der Waals surface area (Å²) in [4.78, 5) is 17.5. The molecule has 140 valence electrons. The highest BCUT2D eigenvalue weighted by Gasteiger charge is 2.19. The minimum absolute atomic E-state index is 0.00353. The Bertz CT molecular complexity index is 981. The maximum absolute atomic E-state index is 12.8. The van der Waals surface area contributed by atoms with Gasteiger partial charge in [-0.1, -0.05) is 62.0 Å². The van der Waals surface area contributed by atoms with E-state index in [1.165, 1.54) is 22.9 Å². The smallest absolute Gasteiger partial charge is 0.237 e. The van der Waals surface area contributed by atoms with Gasteiger partial charge >= 0.3 is 0 Å². The van der Waals surface area contributed by atoms with Crippen molar-refractivity contribution < 1.29 is 4.79 Å². The summed E-state index contributed by atoms with van der Waals surface area (Å²) in [6, 6.07) is 16.3. The summed E-state index contributed by atoms with van der Waals surface area (Å²) in [7, 11) is 0. The number of thioether (sulfide) groups is 1. The van der Waals surface area contributed by atoms with E-state index < -0.39 is 0 Å². The molecule has 4 heteroatoms. The summed E-state index contributed by atoms with van der Waals surface area (Å²) >= 11 is 1.50. The van der Waals surface area contributed by atoms with Crippen LogP contribution in [0.15, 0.2) is 53.6 Å². The highest BCUT2D eigenvalue weighted by molar-refractivity contribution is 8.00. The summed E-state index contributed by atoms with van der Waals surface area (Å²) in [5.41, 5.74) is 5.34. The van der Waals surface area contributed by atoms with Gasteiger partial charge in [-0.2, -0.15) is 0 Å². The molecule has 0 spiro atoms. The van der Waals surface area contributed by atoms with Crippen molar-refractivity contribution in [3.05, 3.63) is 65.2 Å². The van der Waals surface area contributed by atoms with Gasteiger partial charge in [0.15, 0.2) is 0 Å². The third-order valence-corrected chi connectivity index (χ3v) is 5.76. The Balaban J connectivity index is 1.79. The predicted molar refractivity (Wildman–Crippen MR) is 116 cm³/mol. The van der Waals surface area contributed by atoms with Gasteiger partial charge in [0.2, 0.25) is 5.91 Å². The van der Waals surface area contributed by atoms with Crippen molar-refractivity contribution in [2.24, 2.45) is 0 Å². The largest absolute Gasteiger partial charge is 0.325 e. The lowest BCUT2D eigenvalue weighted by molar-refractivity contribution is -0.115. The first kappa shape index (κ1) is 19.4. The van der Waals surface area contributed by atoms with Crippen LogP contribution in [0.1, 0.15) is 43.4 Å². The first-order chi connectivity index (χ1) is 12.9. The minimum atomic E-state index is -0.238. The number of amides is 1. The summed E-state index contributed by atoms with van der Waals surface area (Å²) < 4.78 is 0. The number of benzene rings is 2. The lowest BCUT2D eigenvalue weighted by Crippen LogP contribution is -2.24. The Hall–Kier alpha value is -2.33. The van der Waals surface area contributed by atoms with E-state index in [9.17, 15) is 4.79 Å². The molecule has 0 fully saturated rings. The molecule has 1 N–H and O–H groups in total. The maximum Gasteiger partial charge on any atom is 0.237 e. The van der Waals surface area contributed by atoms with Crippen molar-refractivity contribution >= 4 is 34.3 Å². The number of aromatic nitrogens is 1. The number of anilines is 1. The number of rotatable bonds is 5. The van der Waals surface area contributed by atoms with Crippen molar-refractivity contribution in [3.8, 4) is 0 Å². The number of nitrogens with one attached hydrogen (secondary N) is 1. The number of carbonyl (C=O) groups excluding carboxylic acids is 1. The van der Waals surface area contributed by atoms with Crippen LogP contribution in [0.4, 0.5) is 5.69 Å². The molecule has 1 amide bonds. The van der Waals surface area contributed by atoms with E-state index in [-0.39, 0.29) is 11.2 Å². The number of aryl methyl sites for hydroxylation is 2. The number of hydrogen-bond donors (Lipinski definition) is 1. The highest BCUT2D eigenvalue weighted by atomic mass is 32.2. The van der Waals surface area contributed by atoms with E-state index in [0.29, 0.717) is 5.92 Å². The van der Waals surface area contributed by atoms with Crippen LogP contribution in [0.5, 0.6) is 0 Å². The van der Waals surface area contributed by atoms with Crippen molar-refractivity contribution in [1.29, 1.82) is 0 Å². The molecule has 2 aromatic carbocycles. The molecule has 0 aliphatic heterocycles. The lowest BCUT2D eigenvalue weighted by atomic mass is 9.98. The fourth-order valence-corrected chi connectivity index (χ4v) is 4.10. The Labute approximate surface area is 165 Å². The molecule has 0 aliphatic carbocycles.